The second kappa shape index (κ2) is 28.0. The van der Waals surface area contributed by atoms with Crippen molar-refractivity contribution in [2.45, 2.75) is 168 Å². The zero-order valence-electron chi connectivity index (χ0n) is 43.7. The zero-order valence-corrected chi connectivity index (χ0v) is 48.5. The quantitative estimate of drug-likeness (QED) is 0.109. The van der Waals surface area contributed by atoms with Crippen LogP contribution in [0.1, 0.15) is 131 Å². The molecule has 3 fully saturated rings. The van der Waals surface area contributed by atoms with Gasteiger partial charge in [0.1, 0.15) is 22.8 Å². The van der Waals surface area contributed by atoms with E-state index in [4.69, 9.17) is 42.3 Å². The summed E-state index contributed by atoms with van der Waals surface area (Å²) >= 11 is 10.0. The molecule has 73 heavy (non-hydrogen) atoms. The molecule has 9 N–H and O–H groups in total. The van der Waals surface area contributed by atoms with E-state index in [2.05, 4.69) is 47.8 Å². The number of anilines is 4. The number of nitrogens with two attached hydrogens (primary N) is 4. The lowest BCUT2D eigenvalue weighted by Gasteiger charge is -2.36. The number of likely N-dealkylation sites (tertiary alicyclic amines) is 3. The van der Waals surface area contributed by atoms with Crippen molar-refractivity contribution in [3.63, 3.8) is 0 Å². The van der Waals surface area contributed by atoms with E-state index in [1.807, 2.05) is 71.9 Å². The summed E-state index contributed by atoms with van der Waals surface area (Å²) in [7, 11) is 0. The number of carboxylic acids is 1. The van der Waals surface area contributed by atoms with Gasteiger partial charge < -0.3 is 42.3 Å². The summed E-state index contributed by atoms with van der Waals surface area (Å²) in [4.78, 5) is 77.6. The number of aliphatic carboxylic acids is 1. The number of ether oxygens (including phenoxy) is 3. The summed E-state index contributed by atoms with van der Waals surface area (Å²) in [5.74, 6) is -0.939. The average Bonchev–Trinajstić information content (AvgIpc) is 3.29. The summed E-state index contributed by atoms with van der Waals surface area (Å²) in [6.07, 6.45) is 6.28. The van der Waals surface area contributed by atoms with Crippen LogP contribution >= 0.6 is 47.8 Å². The normalized spacial score (nSPS) is 18.0. The van der Waals surface area contributed by atoms with E-state index < -0.39 is 59.2 Å². The average molecular weight is 1210 g/mol. The van der Waals surface area contributed by atoms with E-state index >= 15 is 0 Å². The maximum Gasteiger partial charge on any atom is 0.411 e. The molecule has 20 heteroatoms. The van der Waals surface area contributed by atoms with E-state index in [-0.39, 0.29) is 24.4 Å². The molecule has 0 aromatic heterocycles. The minimum atomic E-state index is -0.953. The van der Waals surface area contributed by atoms with Crippen LogP contribution in [-0.2, 0) is 41.4 Å². The topological polar surface area (TPSA) is 264 Å². The minimum Gasteiger partial charge on any atom is -0.480 e. The number of amides is 3. The number of nitrogens with zero attached hydrogens (tertiary/aromatic N) is 3. The van der Waals surface area contributed by atoms with E-state index in [9.17, 15) is 28.8 Å². The van der Waals surface area contributed by atoms with Crippen LogP contribution in [0.15, 0.2) is 68.0 Å². The van der Waals surface area contributed by atoms with Crippen LogP contribution in [0.4, 0.5) is 37.1 Å². The number of nitrogen functional groups attached to an aromatic ring is 4. The number of carboxylic acid groups (broad SMARTS) is 1. The molecule has 3 aliphatic heterocycles. The largest absolute Gasteiger partial charge is 0.480 e. The summed E-state index contributed by atoms with van der Waals surface area (Å²) < 4.78 is 18.8. The van der Waals surface area contributed by atoms with Gasteiger partial charge in [0.15, 0.2) is 11.6 Å². The van der Waals surface area contributed by atoms with Gasteiger partial charge in [-0.3, -0.25) is 24.3 Å². The first-order valence-corrected chi connectivity index (χ1v) is 26.9. The lowest BCUT2D eigenvalue weighted by molar-refractivity contribution is -0.144. The van der Waals surface area contributed by atoms with Crippen molar-refractivity contribution in [2.24, 2.45) is 0 Å². The molecule has 0 bridgehead atoms. The number of Topliss-reactive ketones (excluding diaryl/α,β-unsaturated/α-hetero) is 2. The van der Waals surface area contributed by atoms with Crippen LogP contribution in [-0.4, -0.2) is 110 Å². The fourth-order valence-corrected chi connectivity index (χ4v) is 9.12. The highest BCUT2D eigenvalue weighted by Crippen LogP contribution is 2.28. The van der Waals surface area contributed by atoms with Crippen LogP contribution in [0.3, 0.4) is 0 Å². The molecule has 3 aromatic carbocycles. The molecule has 3 amide bonds. The Morgan fingerprint density at radius 2 is 0.822 bits per heavy atom. The smallest absolute Gasteiger partial charge is 0.411 e. The zero-order chi connectivity index (χ0) is 55.0. The molecule has 3 aliphatic rings. The van der Waals surface area contributed by atoms with Gasteiger partial charge in [0, 0.05) is 57.3 Å². The van der Waals surface area contributed by atoms with Crippen molar-refractivity contribution >= 4 is 106 Å². The maximum absolute atomic E-state index is 12.8. The molecule has 3 saturated heterocycles. The van der Waals surface area contributed by atoms with Crippen LogP contribution in [0.25, 0.3) is 0 Å². The monoisotopic (exact) mass is 1210 g/mol. The highest BCUT2D eigenvalue weighted by Gasteiger charge is 2.37. The number of ketones is 2. The molecule has 17 nitrogen and oxygen atoms in total. The highest BCUT2D eigenvalue weighted by molar-refractivity contribution is 9.11. The first-order chi connectivity index (χ1) is 33.8. The van der Waals surface area contributed by atoms with Gasteiger partial charge in [-0.25, -0.2) is 19.2 Å². The predicted octanol–water partition coefficient (Wildman–Crippen LogP) is 11.3. The number of hydrogen-bond donors (Lipinski definition) is 5. The number of carbonyl (C=O) groups excluding carboxylic acids is 5. The number of carbonyl (C=O) groups is 6. The highest BCUT2D eigenvalue weighted by atomic mass is 79.9. The van der Waals surface area contributed by atoms with Gasteiger partial charge in [0.05, 0.1) is 23.5 Å². The van der Waals surface area contributed by atoms with Crippen LogP contribution in [0.5, 0.6) is 0 Å². The number of halogens is 3. The van der Waals surface area contributed by atoms with E-state index in [1.54, 1.807) is 54.8 Å². The second-order valence-corrected chi connectivity index (χ2v) is 23.9. The Kier molecular flexibility index (Phi) is 23.9. The van der Waals surface area contributed by atoms with Gasteiger partial charge in [-0.2, -0.15) is 0 Å². The lowest BCUT2D eigenvalue weighted by atomic mass is 9.94. The molecule has 3 atom stereocenters. The Morgan fingerprint density at radius 3 is 1.19 bits per heavy atom. The van der Waals surface area contributed by atoms with E-state index in [0.717, 1.165) is 63.1 Å². The third-order valence-electron chi connectivity index (χ3n) is 11.4. The summed E-state index contributed by atoms with van der Waals surface area (Å²) in [5.41, 5.74) is 25.1. The molecule has 6 rings (SSSR count). The van der Waals surface area contributed by atoms with E-state index in [0.29, 0.717) is 61.6 Å². The minimum absolute atomic E-state index is 0.00496. The number of benzene rings is 3. The van der Waals surface area contributed by atoms with Gasteiger partial charge in [-0.15, -0.1) is 0 Å². The van der Waals surface area contributed by atoms with Crippen molar-refractivity contribution in [3.8, 4) is 0 Å². The Morgan fingerprint density at radius 1 is 0.479 bits per heavy atom. The van der Waals surface area contributed by atoms with Crippen molar-refractivity contribution in [1.29, 1.82) is 0 Å². The fourth-order valence-electron chi connectivity index (χ4n) is 7.95. The summed E-state index contributed by atoms with van der Waals surface area (Å²) in [6, 6.07) is 14.8. The molecule has 0 saturated carbocycles. The van der Waals surface area contributed by atoms with Gasteiger partial charge >= 0.3 is 24.2 Å². The Balaban J connectivity index is 0.000000270. The lowest BCUT2D eigenvalue weighted by Crippen LogP contribution is -2.50. The van der Waals surface area contributed by atoms with Gasteiger partial charge in [0.2, 0.25) is 0 Å². The van der Waals surface area contributed by atoms with Gasteiger partial charge in [-0.1, -0.05) is 53.9 Å². The summed E-state index contributed by atoms with van der Waals surface area (Å²) in [6.45, 7) is 17.8. The molecule has 0 spiro atoms. The standard InChI is InChI=1S/2C18H25BrN2O3.C11H19NO4.C6H7BrN2/c1-18(2,3)24-17(23)21-9-5-4-6-15(21)16(22)11-12-10-13(19)7-8-14(12)20;1-18(2,3)24-17(23)21-9-5-4-6-15(21)16(22)10-12-7-8-13(19)11-14(12)20;1-11(2,3)16-10(15)12-7-5-4-6-8(12)9(13)14;7-4-1-2-5(8)6(9)3-4/h7-8,10,15H,4-6,9,11,20H2,1-3H3;7-8,11,15H,4-6,9-10,20H2,1-3H3;8H,4-7H2,1-3H3,(H,13,14);1-3H,8-9H2/t2*15-;8-;/m000./s1. The molecular weight excluding hydrogens is 1130 g/mol. The van der Waals surface area contributed by atoms with Gasteiger partial charge in [0.25, 0.3) is 0 Å². The Hall–Kier alpha value is -5.08. The Bertz CT molecular complexity index is 2380. The SMILES string of the molecule is CC(C)(C)OC(=O)N1CCCC[C@H]1C(=O)Cc1cc(Br)ccc1N.CC(C)(C)OC(=O)N1CCCC[C@H]1C(=O)Cc1ccc(Br)cc1N.CC(C)(C)OC(=O)N1CCCC[C@H]1C(=O)O.Nc1ccc(Br)cc1N. The van der Waals surface area contributed by atoms with Crippen LogP contribution < -0.4 is 22.9 Å². The molecule has 3 aromatic rings. The second-order valence-electron chi connectivity index (χ2n) is 21.1. The molecular formula is C53H76Br3N7O10. The molecule has 0 radical (unpaired) electrons. The number of piperidine rings is 3. The summed E-state index contributed by atoms with van der Waals surface area (Å²) in [5, 5.41) is 9.01. The van der Waals surface area contributed by atoms with Crippen LogP contribution in [0, 0.1) is 0 Å². The first-order valence-electron chi connectivity index (χ1n) is 24.5. The molecule has 0 aliphatic carbocycles. The molecule has 3 heterocycles. The van der Waals surface area contributed by atoms with E-state index in [1.165, 1.54) is 4.90 Å². The van der Waals surface area contributed by atoms with Crippen molar-refractivity contribution in [1.82, 2.24) is 14.7 Å². The van der Waals surface area contributed by atoms with Crippen LogP contribution in [0.2, 0.25) is 0 Å². The predicted molar refractivity (Wildman–Crippen MR) is 297 cm³/mol. The molecule has 0 unspecified atom stereocenters. The number of hydrogen-bond acceptors (Lipinski definition) is 13. The van der Waals surface area contributed by atoms with Gasteiger partial charge in [-0.05, 0) is 180 Å². The maximum atomic E-state index is 12.8. The fraction of sp³-hybridized carbons (Fsp3) is 0.547. The van der Waals surface area contributed by atoms with Crippen molar-refractivity contribution in [3.05, 3.63) is 79.1 Å². The third-order valence-corrected chi connectivity index (χ3v) is 12.9. The van der Waals surface area contributed by atoms with Crippen molar-refractivity contribution < 1.29 is 48.1 Å². The Labute approximate surface area is 456 Å². The third kappa shape index (κ3) is 21.7. The van der Waals surface area contributed by atoms with Crippen molar-refractivity contribution in [2.75, 3.05) is 42.6 Å². The number of rotatable bonds is 7. The first kappa shape index (κ1) is 62.2. The molecule has 404 valence electrons.